The molecule has 0 aromatic heterocycles. The molecule has 0 aliphatic carbocycles. The topological polar surface area (TPSA) is 38.8 Å². The maximum absolute atomic E-state index is 12.8. The molecule has 2 aromatic rings. The third-order valence-electron chi connectivity index (χ3n) is 4.90. The fraction of sp³-hybridized carbons (Fsp3) is 0.273. The number of hydrogen-bond acceptors (Lipinski definition) is 5. The average molecular weight is 606 g/mol. The Morgan fingerprint density at radius 3 is 2.61 bits per heavy atom. The second kappa shape index (κ2) is 10.4. The van der Waals surface area contributed by atoms with Gasteiger partial charge in [0.2, 0.25) is 0 Å². The molecular weight excluding hydrogens is 588 g/mol. The maximum atomic E-state index is 12.8. The van der Waals surface area contributed by atoms with Crippen molar-refractivity contribution in [1.29, 1.82) is 0 Å². The summed E-state index contributed by atoms with van der Waals surface area (Å²) in [7, 11) is 0. The van der Waals surface area contributed by atoms with Crippen molar-refractivity contribution in [2.24, 2.45) is 0 Å². The molecule has 162 valence electrons. The first-order chi connectivity index (χ1) is 14.9. The molecule has 0 radical (unpaired) electrons. The van der Waals surface area contributed by atoms with E-state index in [1.165, 1.54) is 11.8 Å². The molecule has 9 heteroatoms. The lowest BCUT2D eigenvalue weighted by atomic mass is 10.2. The first-order valence-corrected chi connectivity index (χ1v) is 12.7. The monoisotopic (exact) mass is 605 g/mol. The van der Waals surface area contributed by atoms with Crippen LogP contribution in [0.4, 0.5) is 0 Å². The van der Waals surface area contributed by atoms with E-state index in [9.17, 15) is 4.79 Å². The third kappa shape index (κ3) is 5.75. The number of ether oxygens (including phenoxy) is 2. The lowest BCUT2D eigenvalue weighted by Gasteiger charge is -2.18. The highest BCUT2D eigenvalue weighted by atomic mass is 127. The average Bonchev–Trinajstić information content (AvgIpc) is 3.33. The number of carbonyl (C=O) groups excluding carboxylic acids is 1. The Morgan fingerprint density at radius 2 is 1.97 bits per heavy atom. The van der Waals surface area contributed by atoms with Gasteiger partial charge in [0.1, 0.15) is 10.9 Å². The quantitative estimate of drug-likeness (QED) is 0.212. The summed E-state index contributed by atoms with van der Waals surface area (Å²) in [4.78, 5) is 15.0. The minimum Gasteiger partial charge on any atom is -0.486 e. The van der Waals surface area contributed by atoms with Crippen molar-refractivity contribution in [3.05, 3.63) is 66.0 Å². The number of carbonyl (C=O) groups is 1. The lowest BCUT2D eigenvalue weighted by Crippen LogP contribution is -2.35. The molecule has 1 atom stereocenters. The van der Waals surface area contributed by atoms with Gasteiger partial charge >= 0.3 is 0 Å². The molecule has 4 nitrogen and oxygen atoms in total. The standard InChI is InChI=1S/C22H18Cl2INO3S2/c23-17-8-14(9-18(24)20(17)29-12-13-3-5-15(25)6-4-13)10-19-21(27)26(22(30)31-19)11-16-2-1-7-28-16/h3-6,8-10,16H,1-2,7,11-12H2/b19-10-/t16-/m1/s1. The minimum absolute atomic E-state index is 0.0512. The molecule has 0 N–H and O–H groups in total. The first-order valence-electron chi connectivity index (χ1n) is 9.64. The summed E-state index contributed by atoms with van der Waals surface area (Å²) in [6.07, 6.45) is 3.78. The second-order valence-electron chi connectivity index (χ2n) is 7.16. The van der Waals surface area contributed by atoms with Crippen LogP contribution < -0.4 is 4.74 Å². The van der Waals surface area contributed by atoms with Gasteiger partial charge in [-0.15, -0.1) is 0 Å². The summed E-state index contributed by atoms with van der Waals surface area (Å²) in [5.41, 5.74) is 1.74. The van der Waals surface area contributed by atoms with Gasteiger partial charge in [-0.3, -0.25) is 9.69 Å². The molecule has 0 saturated carbocycles. The van der Waals surface area contributed by atoms with Crippen LogP contribution in [0.3, 0.4) is 0 Å². The van der Waals surface area contributed by atoms with Gasteiger partial charge in [-0.2, -0.15) is 0 Å². The molecule has 2 aliphatic rings. The summed E-state index contributed by atoms with van der Waals surface area (Å²) in [6.45, 7) is 1.59. The van der Waals surface area contributed by atoms with Crippen LogP contribution in [-0.2, 0) is 16.1 Å². The van der Waals surface area contributed by atoms with Crippen LogP contribution in [0.1, 0.15) is 24.0 Å². The number of thioether (sulfide) groups is 1. The van der Waals surface area contributed by atoms with E-state index in [4.69, 9.17) is 44.9 Å². The van der Waals surface area contributed by atoms with Crippen molar-refractivity contribution in [2.75, 3.05) is 13.2 Å². The van der Waals surface area contributed by atoms with Crippen LogP contribution in [0, 0.1) is 3.57 Å². The largest absolute Gasteiger partial charge is 0.486 e. The highest BCUT2D eigenvalue weighted by Crippen LogP contribution is 2.38. The van der Waals surface area contributed by atoms with E-state index in [0.29, 0.717) is 43.7 Å². The molecular formula is C22H18Cl2INO3S2. The van der Waals surface area contributed by atoms with Crippen molar-refractivity contribution in [3.8, 4) is 5.75 Å². The van der Waals surface area contributed by atoms with Gasteiger partial charge in [0.25, 0.3) is 5.91 Å². The number of thiocarbonyl (C=S) groups is 1. The van der Waals surface area contributed by atoms with Crippen molar-refractivity contribution in [3.63, 3.8) is 0 Å². The number of amides is 1. The van der Waals surface area contributed by atoms with E-state index >= 15 is 0 Å². The molecule has 2 fully saturated rings. The summed E-state index contributed by atoms with van der Waals surface area (Å²) in [6, 6.07) is 11.5. The predicted molar refractivity (Wildman–Crippen MR) is 139 cm³/mol. The Balaban J connectivity index is 1.47. The first kappa shape index (κ1) is 23.3. The van der Waals surface area contributed by atoms with Crippen LogP contribution in [0.15, 0.2) is 41.3 Å². The van der Waals surface area contributed by atoms with E-state index < -0.39 is 0 Å². The Kier molecular flexibility index (Phi) is 7.82. The summed E-state index contributed by atoms with van der Waals surface area (Å²) in [5.74, 6) is 0.307. The molecule has 1 amide bonds. The van der Waals surface area contributed by atoms with E-state index in [1.54, 1.807) is 23.1 Å². The molecule has 2 aliphatic heterocycles. The number of rotatable bonds is 6. The maximum Gasteiger partial charge on any atom is 0.266 e. The van der Waals surface area contributed by atoms with E-state index in [2.05, 4.69) is 22.6 Å². The van der Waals surface area contributed by atoms with Crippen LogP contribution in [-0.4, -0.2) is 34.4 Å². The molecule has 0 spiro atoms. The highest BCUT2D eigenvalue weighted by Gasteiger charge is 2.34. The van der Waals surface area contributed by atoms with Crippen molar-refractivity contribution < 1.29 is 14.3 Å². The molecule has 31 heavy (non-hydrogen) atoms. The zero-order valence-corrected chi connectivity index (χ0v) is 21.6. The molecule has 2 saturated heterocycles. The van der Waals surface area contributed by atoms with Crippen molar-refractivity contribution in [2.45, 2.75) is 25.6 Å². The molecule has 0 unspecified atom stereocenters. The van der Waals surface area contributed by atoms with Crippen LogP contribution >= 0.6 is 69.8 Å². The van der Waals surface area contributed by atoms with Gasteiger partial charge in [0.15, 0.2) is 5.75 Å². The Bertz CT molecular complexity index is 1020. The molecule has 0 bridgehead atoms. The van der Waals surface area contributed by atoms with Crippen LogP contribution in [0.2, 0.25) is 10.0 Å². The van der Waals surface area contributed by atoms with Gasteiger partial charge in [-0.25, -0.2) is 0 Å². The Hall–Kier alpha value is -0.840. The molecule has 4 rings (SSSR count). The van der Waals surface area contributed by atoms with E-state index in [1.807, 2.05) is 24.3 Å². The number of benzene rings is 2. The predicted octanol–water partition coefficient (Wildman–Crippen LogP) is 6.56. The summed E-state index contributed by atoms with van der Waals surface area (Å²) < 4.78 is 13.2. The summed E-state index contributed by atoms with van der Waals surface area (Å²) in [5, 5.41) is 0.776. The van der Waals surface area contributed by atoms with Crippen molar-refractivity contribution in [1.82, 2.24) is 4.90 Å². The smallest absolute Gasteiger partial charge is 0.266 e. The second-order valence-corrected chi connectivity index (χ2v) is 10.9. The normalized spacial score (nSPS) is 20.2. The fourth-order valence-corrected chi connectivity index (χ4v) is 5.59. The van der Waals surface area contributed by atoms with Gasteiger partial charge in [-0.1, -0.05) is 59.3 Å². The number of halogens is 3. The SMILES string of the molecule is O=C1/C(=C/c2cc(Cl)c(OCc3ccc(I)cc3)c(Cl)c2)SC(=S)N1C[C@H]1CCCO1. The minimum atomic E-state index is -0.114. The summed E-state index contributed by atoms with van der Waals surface area (Å²) >= 11 is 21.8. The number of nitrogens with zero attached hydrogens (tertiary/aromatic N) is 1. The van der Waals surface area contributed by atoms with Crippen LogP contribution in [0.5, 0.6) is 5.75 Å². The third-order valence-corrected chi connectivity index (χ3v) is 7.56. The molecule has 2 aromatic carbocycles. The lowest BCUT2D eigenvalue weighted by molar-refractivity contribution is -0.123. The van der Waals surface area contributed by atoms with Gasteiger partial charge in [0, 0.05) is 10.2 Å². The van der Waals surface area contributed by atoms with Crippen LogP contribution in [0.25, 0.3) is 6.08 Å². The van der Waals surface area contributed by atoms with E-state index in [0.717, 1.165) is 28.6 Å². The van der Waals surface area contributed by atoms with Crippen molar-refractivity contribution >= 4 is 86.1 Å². The van der Waals surface area contributed by atoms with E-state index in [-0.39, 0.29) is 12.0 Å². The zero-order chi connectivity index (χ0) is 22.0. The number of hydrogen-bond donors (Lipinski definition) is 0. The Labute approximate surface area is 214 Å². The molecule has 2 heterocycles. The highest BCUT2D eigenvalue weighted by molar-refractivity contribution is 14.1. The fourth-order valence-electron chi connectivity index (χ4n) is 3.34. The Morgan fingerprint density at radius 1 is 1.26 bits per heavy atom. The van der Waals surface area contributed by atoms with Gasteiger partial charge < -0.3 is 9.47 Å². The van der Waals surface area contributed by atoms with Gasteiger partial charge in [0.05, 0.1) is 27.6 Å². The zero-order valence-electron chi connectivity index (χ0n) is 16.3. The van der Waals surface area contributed by atoms with Gasteiger partial charge in [-0.05, 0) is 76.9 Å².